The lowest BCUT2D eigenvalue weighted by atomic mass is 10.1. The highest BCUT2D eigenvalue weighted by atomic mass is 35.5. The molecule has 0 fully saturated rings. The summed E-state index contributed by atoms with van der Waals surface area (Å²) in [7, 11) is 0. The van der Waals surface area contributed by atoms with E-state index in [1.54, 1.807) is 18.2 Å². The van der Waals surface area contributed by atoms with Gasteiger partial charge in [-0.25, -0.2) is 0 Å². The zero-order valence-corrected chi connectivity index (χ0v) is 10.7. The highest BCUT2D eigenvalue weighted by Crippen LogP contribution is 2.16. The van der Waals surface area contributed by atoms with Crippen LogP contribution in [0.15, 0.2) is 18.2 Å². The molecule has 4 heteroatoms. The van der Waals surface area contributed by atoms with Gasteiger partial charge in [-0.05, 0) is 31.0 Å². The van der Waals surface area contributed by atoms with Crippen LogP contribution in [0.25, 0.3) is 0 Å². The molecule has 0 spiro atoms. The van der Waals surface area contributed by atoms with Crippen molar-refractivity contribution in [1.82, 2.24) is 5.32 Å². The summed E-state index contributed by atoms with van der Waals surface area (Å²) in [5.41, 5.74) is 1.41. The summed E-state index contributed by atoms with van der Waals surface area (Å²) >= 11 is 5.94. The van der Waals surface area contributed by atoms with Crippen molar-refractivity contribution in [1.29, 1.82) is 5.26 Å². The summed E-state index contributed by atoms with van der Waals surface area (Å²) in [6.07, 6.45) is 1.51. The summed E-state index contributed by atoms with van der Waals surface area (Å²) in [6.45, 7) is 3.85. The third-order valence-electron chi connectivity index (χ3n) is 2.47. The second-order valence-corrected chi connectivity index (χ2v) is 4.31. The Morgan fingerprint density at radius 2 is 2.29 bits per heavy atom. The number of aryl methyl sites for hydroxylation is 1. The van der Waals surface area contributed by atoms with E-state index >= 15 is 0 Å². The van der Waals surface area contributed by atoms with Gasteiger partial charge < -0.3 is 5.32 Å². The largest absolute Gasteiger partial charge is 0.336 e. The molecule has 0 aliphatic carbocycles. The predicted molar refractivity (Wildman–Crippen MR) is 68.0 cm³/mol. The van der Waals surface area contributed by atoms with Crippen molar-refractivity contribution in [3.63, 3.8) is 0 Å². The lowest BCUT2D eigenvalue weighted by Gasteiger charge is -2.10. The van der Waals surface area contributed by atoms with Crippen LogP contribution in [-0.4, -0.2) is 11.9 Å². The van der Waals surface area contributed by atoms with Crippen molar-refractivity contribution in [3.05, 3.63) is 34.3 Å². The lowest BCUT2D eigenvalue weighted by molar-refractivity contribution is 0.0944. The van der Waals surface area contributed by atoms with E-state index in [-0.39, 0.29) is 5.91 Å². The molecule has 17 heavy (non-hydrogen) atoms. The van der Waals surface area contributed by atoms with Crippen LogP contribution >= 0.6 is 11.6 Å². The molecule has 0 saturated carbocycles. The molecule has 1 unspecified atom stereocenters. The molecule has 0 bridgehead atoms. The van der Waals surface area contributed by atoms with Crippen molar-refractivity contribution in [2.75, 3.05) is 0 Å². The van der Waals surface area contributed by atoms with Gasteiger partial charge in [-0.15, -0.1) is 0 Å². The summed E-state index contributed by atoms with van der Waals surface area (Å²) in [4.78, 5) is 11.8. The number of nitrogens with one attached hydrogen (secondary N) is 1. The zero-order valence-electron chi connectivity index (χ0n) is 9.96. The summed E-state index contributed by atoms with van der Waals surface area (Å²) in [6, 6.07) is 6.74. The molecule has 0 radical (unpaired) electrons. The maximum absolute atomic E-state index is 11.8. The number of nitrogens with zero attached hydrogens (tertiary/aromatic N) is 1. The van der Waals surface area contributed by atoms with Crippen LogP contribution in [0.3, 0.4) is 0 Å². The first-order chi connectivity index (χ1) is 8.08. The molecule has 0 aliphatic rings. The monoisotopic (exact) mass is 250 g/mol. The van der Waals surface area contributed by atoms with Gasteiger partial charge in [0.15, 0.2) is 0 Å². The van der Waals surface area contributed by atoms with Gasteiger partial charge in [-0.1, -0.05) is 31.0 Å². The van der Waals surface area contributed by atoms with Crippen LogP contribution in [0, 0.1) is 18.3 Å². The summed E-state index contributed by atoms with van der Waals surface area (Å²) in [5.74, 6) is -0.257. The average Bonchev–Trinajstić information content (AvgIpc) is 2.31. The zero-order chi connectivity index (χ0) is 12.8. The van der Waals surface area contributed by atoms with E-state index in [0.717, 1.165) is 12.0 Å². The number of halogens is 1. The highest BCUT2D eigenvalue weighted by Gasteiger charge is 2.12. The number of hydrogen-bond acceptors (Lipinski definition) is 2. The maximum Gasteiger partial charge on any atom is 0.252 e. The smallest absolute Gasteiger partial charge is 0.252 e. The normalized spacial score (nSPS) is 11.6. The topological polar surface area (TPSA) is 52.9 Å². The lowest BCUT2D eigenvalue weighted by Crippen LogP contribution is -2.33. The van der Waals surface area contributed by atoms with E-state index in [1.807, 2.05) is 13.8 Å². The Labute approximate surface area is 106 Å². The Morgan fingerprint density at radius 1 is 1.59 bits per heavy atom. The van der Waals surface area contributed by atoms with Crippen LogP contribution in [0.4, 0.5) is 0 Å². The minimum atomic E-state index is -0.437. The number of rotatable bonds is 4. The Balaban J connectivity index is 2.76. The number of carbonyl (C=O) groups is 1. The van der Waals surface area contributed by atoms with Gasteiger partial charge in [0.25, 0.3) is 5.91 Å². The van der Waals surface area contributed by atoms with Gasteiger partial charge in [0, 0.05) is 10.6 Å². The van der Waals surface area contributed by atoms with Gasteiger partial charge in [0.2, 0.25) is 0 Å². The Bertz CT molecular complexity index is 451. The SMILES string of the molecule is CCCC(C#N)NC(=O)c1ccc(C)c(Cl)c1. The maximum atomic E-state index is 11.8. The molecule has 0 aliphatic heterocycles. The van der Waals surface area contributed by atoms with Crippen molar-refractivity contribution in [2.24, 2.45) is 0 Å². The first-order valence-corrected chi connectivity index (χ1v) is 5.93. The third kappa shape index (κ3) is 3.76. The van der Waals surface area contributed by atoms with Crippen LogP contribution < -0.4 is 5.32 Å². The standard InChI is InChI=1S/C13H15ClN2O/c1-3-4-11(8-15)16-13(17)10-6-5-9(2)12(14)7-10/h5-7,11H,3-4H2,1-2H3,(H,16,17). The fraction of sp³-hybridized carbons (Fsp3) is 0.385. The van der Waals surface area contributed by atoms with E-state index < -0.39 is 6.04 Å². The molecule has 0 aromatic heterocycles. The summed E-state index contributed by atoms with van der Waals surface area (Å²) < 4.78 is 0. The molecule has 1 amide bonds. The van der Waals surface area contributed by atoms with E-state index in [0.29, 0.717) is 17.0 Å². The number of carbonyl (C=O) groups excluding carboxylic acids is 1. The highest BCUT2D eigenvalue weighted by molar-refractivity contribution is 6.31. The molecule has 1 N–H and O–H groups in total. The predicted octanol–water partition coefficient (Wildman–Crippen LogP) is 3.07. The first kappa shape index (κ1) is 13.5. The van der Waals surface area contributed by atoms with Gasteiger partial charge >= 0.3 is 0 Å². The van der Waals surface area contributed by atoms with Crippen LogP contribution in [0.5, 0.6) is 0 Å². The molecule has 90 valence electrons. The Hall–Kier alpha value is -1.53. The minimum absolute atomic E-state index is 0.257. The van der Waals surface area contributed by atoms with Crippen molar-refractivity contribution in [2.45, 2.75) is 32.7 Å². The van der Waals surface area contributed by atoms with Crippen molar-refractivity contribution in [3.8, 4) is 6.07 Å². The fourth-order valence-electron chi connectivity index (χ4n) is 1.43. The van der Waals surface area contributed by atoms with E-state index in [2.05, 4.69) is 11.4 Å². The molecule has 1 atom stereocenters. The van der Waals surface area contributed by atoms with Gasteiger partial charge in [-0.2, -0.15) is 5.26 Å². The number of nitriles is 1. The van der Waals surface area contributed by atoms with Crippen LogP contribution in [0.1, 0.15) is 35.7 Å². The van der Waals surface area contributed by atoms with E-state index in [9.17, 15) is 4.79 Å². The molecule has 0 heterocycles. The number of amides is 1. The first-order valence-electron chi connectivity index (χ1n) is 5.55. The van der Waals surface area contributed by atoms with Crippen LogP contribution in [0.2, 0.25) is 5.02 Å². The van der Waals surface area contributed by atoms with E-state index in [1.165, 1.54) is 0 Å². The number of benzene rings is 1. The Kier molecular flexibility index (Phi) is 4.99. The molecule has 3 nitrogen and oxygen atoms in total. The molecule has 1 aromatic carbocycles. The van der Waals surface area contributed by atoms with Crippen molar-refractivity contribution < 1.29 is 4.79 Å². The molecular formula is C13H15ClN2O. The van der Waals surface area contributed by atoms with Crippen molar-refractivity contribution >= 4 is 17.5 Å². The van der Waals surface area contributed by atoms with Gasteiger partial charge in [-0.3, -0.25) is 4.79 Å². The summed E-state index contributed by atoms with van der Waals surface area (Å²) in [5, 5.41) is 12.1. The van der Waals surface area contributed by atoms with Gasteiger partial charge in [0.05, 0.1) is 6.07 Å². The molecule has 1 aromatic rings. The third-order valence-corrected chi connectivity index (χ3v) is 2.88. The fourth-order valence-corrected chi connectivity index (χ4v) is 1.61. The quantitative estimate of drug-likeness (QED) is 0.893. The second kappa shape index (κ2) is 6.27. The molecule has 1 rings (SSSR count). The molecule has 0 saturated heterocycles. The Morgan fingerprint density at radius 3 is 2.82 bits per heavy atom. The van der Waals surface area contributed by atoms with E-state index in [4.69, 9.17) is 16.9 Å². The van der Waals surface area contributed by atoms with Crippen LogP contribution in [-0.2, 0) is 0 Å². The second-order valence-electron chi connectivity index (χ2n) is 3.91. The average molecular weight is 251 g/mol. The minimum Gasteiger partial charge on any atom is -0.336 e. The van der Waals surface area contributed by atoms with Gasteiger partial charge in [0.1, 0.15) is 6.04 Å². The number of hydrogen-bond donors (Lipinski definition) is 1. The molecular weight excluding hydrogens is 236 g/mol.